The molecule has 9 heteroatoms. The third-order valence-electron chi connectivity index (χ3n) is 1.70. The summed E-state index contributed by atoms with van der Waals surface area (Å²) < 4.78 is 97.4. The van der Waals surface area contributed by atoms with E-state index in [0.29, 0.717) is 0 Å². The molecule has 0 aliphatic carbocycles. The van der Waals surface area contributed by atoms with Gasteiger partial charge in [-0.05, 0) is 0 Å². The van der Waals surface area contributed by atoms with E-state index in [-0.39, 0.29) is 0 Å². The van der Waals surface area contributed by atoms with Crippen LogP contribution in [0.15, 0.2) is 0 Å². The Morgan fingerprint density at radius 2 is 1.44 bits per heavy atom. The first-order valence-electron chi connectivity index (χ1n) is 3.79. The summed E-state index contributed by atoms with van der Waals surface area (Å²) >= 11 is 0. The molecule has 0 bridgehead atoms. The van der Waals surface area contributed by atoms with Crippen molar-refractivity contribution < 1.29 is 35.1 Å². The Morgan fingerprint density at radius 1 is 1.00 bits per heavy atom. The lowest BCUT2D eigenvalue weighted by atomic mass is 10.0. The molecule has 0 heterocycles. The van der Waals surface area contributed by atoms with Crippen LogP contribution in [0.3, 0.4) is 0 Å². The Balaban J connectivity index is 5.11. The van der Waals surface area contributed by atoms with Gasteiger partial charge in [0.15, 0.2) is 0 Å². The monoisotopic (exact) mass is 255 g/mol. The molecule has 0 amide bonds. The summed E-state index contributed by atoms with van der Waals surface area (Å²) in [5, 5.41) is 7.84. The van der Waals surface area contributed by atoms with Gasteiger partial charge in [-0.3, -0.25) is 0 Å². The Labute approximate surface area is 84.6 Å². The second-order valence-corrected chi connectivity index (χ2v) is 2.86. The van der Waals surface area contributed by atoms with Crippen molar-refractivity contribution in [3.8, 4) is 6.07 Å². The van der Waals surface area contributed by atoms with E-state index in [1.54, 1.807) is 0 Å². The van der Waals surface area contributed by atoms with Crippen molar-refractivity contribution in [2.24, 2.45) is 0 Å². The normalized spacial score (nSPS) is 14.0. The van der Waals surface area contributed by atoms with Crippen LogP contribution >= 0.6 is 0 Å². The standard InChI is InChI=1S/C7H5F8N/c8-4(9)6(12,13)7(14,15)5(10,11)2-1-3-16/h4H,1-2H2. The van der Waals surface area contributed by atoms with E-state index >= 15 is 0 Å². The summed E-state index contributed by atoms with van der Waals surface area (Å²) in [7, 11) is 0. The van der Waals surface area contributed by atoms with Crippen LogP contribution in [0, 0.1) is 11.3 Å². The van der Waals surface area contributed by atoms with E-state index < -0.39 is 37.0 Å². The maximum atomic E-state index is 12.5. The number of hydrogen-bond acceptors (Lipinski definition) is 1. The lowest BCUT2D eigenvalue weighted by Gasteiger charge is -2.31. The molecule has 0 aliphatic rings. The SMILES string of the molecule is N#CCCC(F)(F)C(F)(F)C(F)(F)C(F)F. The third kappa shape index (κ3) is 2.36. The molecule has 94 valence electrons. The zero-order chi connectivity index (χ0) is 13.2. The van der Waals surface area contributed by atoms with E-state index in [9.17, 15) is 35.1 Å². The number of halogens is 8. The minimum Gasteiger partial charge on any atom is -0.203 e. The fraction of sp³-hybridized carbons (Fsp3) is 0.857. The van der Waals surface area contributed by atoms with Crippen LogP contribution in [0.1, 0.15) is 12.8 Å². The molecular formula is C7H5F8N. The number of nitriles is 1. The van der Waals surface area contributed by atoms with Crippen LogP contribution in [0.5, 0.6) is 0 Å². The van der Waals surface area contributed by atoms with Crippen LogP contribution in [0.4, 0.5) is 35.1 Å². The first kappa shape index (κ1) is 14.9. The zero-order valence-electron chi connectivity index (χ0n) is 7.46. The van der Waals surface area contributed by atoms with Gasteiger partial charge in [0, 0.05) is 12.8 Å². The van der Waals surface area contributed by atoms with Crippen LogP contribution in [0.25, 0.3) is 0 Å². The molecule has 1 nitrogen and oxygen atoms in total. The molecule has 0 radical (unpaired) electrons. The second kappa shape index (κ2) is 4.43. The highest BCUT2D eigenvalue weighted by atomic mass is 19.4. The summed E-state index contributed by atoms with van der Waals surface area (Å²) in [4.78, 5) is 0. The summed E-state index contributed by atoms with van der Waals surface area (Å²) in [6.07, 6.45) is -7.99. The van der Waals surface area contributed by atoms with Gasteiger partial charge in [-0.1, -0.05) is 0 Å². The molecule has 0 aromatic carbocycles. The molecule has 0 rings (SSSR count). The molecule has 0 atom stereocenters. The maximum Gasteiger partial charge on any atom is 0.377 e. The highest BCUT2D eigenvalue weighted by Gasteiger charge is 2.74. The fourth-order valence-corrected chi connectivity index (χ4v) is 0.751. The van der Waals surface area contributed by atoms with Crippen molar-refractivity contribution in [1.29, 1.82) is 5.26 Å². The van der Waals surface area contributed by atoms with Crippen LogP contribution in [-0.2, 0) is 0 Å². The van der Waals surface area contributed by atoms with Crippen LogP contribution in [-0.4, -0.2) is 24.2 Å². The van der Waals surface area contributed by atoms with Gasteiger partial charge in [0.05, 0.1) is 6.07 Å². The highest BCUT2D eigenvalue weighted by Crippen LogP contribution is 2.50. The molecule has 16 heavy (non-hydrogen) atoms. The average Bonchev–Trinajstić information content (AvgIpc) is 2.13. The fourth-order valence-electron chi connectivity index (χ4n) is 0.751. The van der Waals surface area contributed by atoms with Crippen molar-refractivity contribution in [3.63, 3.8) is 0 Å². The summed E-state index contributed by atoms with van der Waals surface area (Å²) in [5.74, 6) is -17.7. The lowest BCUT2D eigenvalue weighted by Crippen LogP contribution is -2.57. The van der Waals surface area contributed by atoms with E-state index in [2.05, 4.69) is 0 Å². The molecule has 0 aliphatic heterocycles. The molecule has 0 N–H and O–H groups in total. The Kier molecular flexibility index (Phi) is 4.13. The van der Waals surface area contributed by atoms with Crippen molar-refractivity contribution in [1.82, 2.24) is 0 Å². The molecule has 0 saturated heterocycles. The van der Waals surface area contributed by atoms with Gasteiger partial charge in [-0.15, -0.1) is 0 Å². The predicted molar refractivity (Wildman–Crippen MR) is 35.7 cm³/mol. The molecule has 0 unspecified atom stereocenters. The van der Waals surface area contributed by atoms with Crippen LogP contribution in [0.2, 0.25) is 0 Å². The van der Waals surface area contributed by atoms with Gasteiger partial charge in [0.1, 0.15) is 0 Å². The van der Waals surface area contributed by atoms with Crippen LogP contribution < -0.4 is 0 Å². The van der Waals surface area contributed by atoms with Crippen molar-refractivity contribution >= 4 is 0 Å². The average molecular weight is 255 g/mol. The number of hydrogen-bond donors (Lipinski definition) is 0. The van der Waals surface area contributed by atoms with Gasteiger partial charge >= 0.3 is 24.2 Å². The first-order valence-corrected chi connectivity index (χ1v) is 3.79. The topological polar surface area (TPSA) is 23.8 Å². The first-order chi connectivity index (χ1) is 7.00. The molecular weight excluding hydrogens is 250 g/mol. The third-order valence-corrected chi connectivity index (χ3v) is 1.70. The van der Waals surface area contributed by atoms with Gasteiger partial charge < -0.3 is 0 Å². The highest BCUT2D eigenvalue weighted by molar-refractivity contribution is 4.98. The molecule has 0 fully saturated rings. The zero-order valence-corrected chi connectivity index (χ0v) is 7.46. The molecule has 0 spiro atoms. The van der Waals surface area contributed by atoms with E-state index in [1.165, 1.54) is 0 Å². The summed E-state index contributed by atoms with van der Waals surface area (Å²) in [6.45, 7) is 0. The summed E-state index contributed by atoms with van der Waals surface area (Å²) in [6, 6.07) is 1.03. The Morgan fingerprint density at radius 3 is 1.75 bits per heavy atom. The van der Waals surface area contributed by atoms with E-state index in [0.717, 1.165) is 6.07 Å². The van der Waals surface area contributed by atoms with Gasteiger partial charge in [0.2, 0.25) is 0 Å². The van der Waals surface area contributed by atoms with Crippen molar-refractivity contribution in [2.75, 3.05) is 0 Å². The van der Waals surface area contributed by atoms with Gasteiger partial charge in [0.25, 0.3) is 0 Å². The minimum atomic E-state index is -6.20. The maximum absolute atomic E-state index is 12.5. The van der Waals surface area contributed by atoms with Crippen molar-refractivity contribution in [2.45, 2.75) is 37.0 Å². The van der Waals surface area contributed by atoms with Crippen molar-refractivity contribution in [3.05, 3.63) is 0 Å². The number of alkyl halides is 8. The number of rotatable bonds is 5. The molecule has 0 saturated carbocycles. The number of nitrogens with zero attached hydrogens (tertiary/aromatic N) is 1. The Hall–Kier alpha value is -1.07. The lowest BCUT2D eigenvalue weighted by molar-refractivity contribution is -0.339. The van der Waals surface area contributed by atoms with Gasteiger partial charge in [-0.25, -0.2) is 8.78 Å². The minimum absolute atomic E-state index is 1.03. The van der Waals surface area contributed by atoms with E-state index in [4.69, 9.17) is 5.26 Å². The second-order valence-electron chi connectivity index (χ2n) is 2.86. The van der Waals surface area contributed by atoms with Gasteiger partial charge in [-0.2, -0.15) is 31.6 Å². The molecule has 0 aromatic rings. The molecule has 0 aromatic heterocycles. The van der Waals surface area contributed by atoms with E-state index in [1.807, 2.05) is 0 Å². The quantitative estimate of drug-likeness (QED) is 0.690. The largest absolute Gasteiger partial charge is 0.377 e. The predicted octanol–water partition coefficient (Wildman–Crippen LogP) is 3.46. The Bertz CT molecular complexity index is 279. The smallest absolute Gasteiger partial charge is 0.203 e. The summed E-state index contributed by atoms with van der Waals surface area (Å²) in [5.41, 5.74) is 0.